The molecule has 31 aromatic rings. The van der Waals surface area contributed by atoms with Crippen LogP contribution in [0.25, 0.3) is 276 Å². The number of aromatic nitrogens is 16. The number of fused-ring (bicyclic) bond motifs is 30. The van der Waals surface area contributed by atoms with Gasteiger partial charge >= 0.3 is 0 Å². The Kier molecular flexibility index (Phi) is 19.7. The van der Waals surface area contributed by atoms with Crippen molar-refractivity contribution in [3.05, 3.63) is 485 Å². The van der Waals surface area contributed by atoms with Crippen LogP contribution in [0.5, 0.6) is 0 Å². The molecule has 0 saturated carbocycles. The smallest absolute Gasteiger partial charge is 0.238 e. The van der Waals surface area contributed by atoms with E-state index in [1.807, 2.05) is 128 Å². The first kappa shape index (κ1) is 84.0. The highest BCUT2D eigenvalue weighted by molar-refractivity contribution is 7.26. The lowest BCUT2D eigenvalue weighted by atomic mass is 9.98. The SMILES string of the molecule is c1ccc(-c2nc(-c3cccc4c3sc3ccccc34)nc(-n3c4ccccc4c4ccc5c6ccccc6n(-c6ccccc6)c5c43)n2)cc1.c1ccc(-c2nc(-c3ccccc3)nc(-n3c4ccccc4c4c5ccccc5c5c6ccccc6n(-c6ccccc6)c5c43)n2)cc1.c1ccc(-c2nc(-c3ccccc3)nc(-n3c4ccccc4c4c5cccnc5c5c6ccccc6n(-c6ccccc6)c5c43)n2)cc1. The molecule has 0 spiro atoms. The highest BCUT2D eigenvalue weighted by Gasteiger charge is 2.32. The third-order valence-electron chi connectivity index (χ3n) is 28.5. The van der Waals surface area contributed by atoms with Gasteiger partial charge in [0.25, 0.3) is 0 Å². The lowest BCUT2D eigenvalue weighted by Gasteiger charge is -2.14. The molecule has 0 aliphatic heterocycles. The van der Waals surface area contributed by atoms with Crippen LogP contribution in [0.4, 0.5) is 0 Å². The first-order chi connectivity index (χ1) is 73.0. The van der Waals surface area contributed by atoms with Crippen molar-refractivity contribution in [1.82, 2.24) is 77.2 Å². The van der Waals surface area contributed by atoms with E-state index in [4.69, 9.17) is 49.8 Å². The quantitative estimate of drug-likeness (QED) is 0.115. The van der Waals surface area contributed by atoms with Crippen molar-refractivity contribution < 1.29 is 0 Å². The van der Waals surface area contributed by atoms with Crippen molar-refractivity contribution in [2.45, 2.75) is 0 Å². The summed E-state index contributed by atoms with van der Waals surface area (Å²) in [7, 11) is 0. The molecule has 0 unspecified atom stereocenters. The molecule has 16 nitrogen and oxygen atoms in total. The van der Waals surface area contributed by atoms with Crippen LogP contribution in [-0.2, 0) is 0 Å². The topological polar surface area (TPSA) is 158 Å². The number of nitrogens with zero attached hydrogens (tertiary/aromatic N) is 16. The number of hydrogen-bond donors (Lipinski definition) is 0. The van der Waals surface area contributed by atoms with Crippen molar-refractivity contribution >= 4 is 184 Å². The standard InChI is InChI=1S/C45H27N5S.C43H27N5.C42H26N6/c1-3-14-28(15-4-1)43-46-44(36-22-13-21-35-32-20-9-12-25-39(32)51-42(35)36)48-45(47-43)50-38-24-11-8-19-31(38)34-27-26-33-30-18-7-10-23-37(30)49(40(33)41(34)50)29-16-5-2-6-17-29;1-4-16-28(17-5-1)41-44-42(29-18-6-2-7-19-29)46-43(45-41)48-36-27-15-13-25-34(36)38-32-23-11-10-22-31(32)37-33-24-12-14-26-35(33)47(39(37)40(38)48)30-20-8-3-9-21-30;1-4-15-27(16-5-1)40-44-41(28-17-6-2-7-18-28)46-42(45-40)48-34-25-13-10-21-30(34)35-32-23-14-26-43-37(32)36-31-22-11-12-24-33(31)47(39(36)38(35)48)29-19-8-3-9-20-29/h1-27H;1-27H;1-26H. The Morgan fingerprint density at radius 2 is 0.429 bits per heavy atom. The lowest BCUT2D eigenvalue weighted by molar-refractivity contribution is 0.953. The van der Waals surface area contributed by atoms with Gasteiger partial charge in [-0.15, -0.1) is 11.3 Å². The monoisotopic (exact) mass is 1900 g/mol. The molecule has 0 atom stereocenters. The normalized spacial score (nSPS) is 11.8. The Balaban J connectivity index is 0.000000104. The van der Waals surface area contributed by atoms with E-state index >= 15 is 0 Å². The molecule has 0 saturated heterocycles. The van der Waals surface area contributed by atoms with E-state index in [9.17, 15) is 0 Å². The number of hydrogen-bond acceptors (Lipinski definition) is 11. The van der Waals surface area contributed by atoms with Crippen molar-refractivity contribution in [3.63, 3.8) is 0 Å². The first-order valence-corrected chi connectivity index (χ1v) is 50.0. The summed E-state index contributed by atoms with van der Waals surface area (Å²) in [5, 5.41) is 19.9. The number of benzene rings is 20. The Morgan fingerprint density at radius 1 is 0.163 bits per heavy atom. The van der Waals surface area contributed by atoms with Crippen LogP contribution < -0.4 is 0 Å². The average Bonchev–Trinajstić information content (AvgIpc) is 1.54. The summed E-state index contributed by atoms with van der Waals surface area (Å²) in [5.74, 6) is 5.50. The zero-order valence-corrected chi connectivity index (χ0v) is 79.6. The fourth-order valence-electron chi connectivity index (χ4n) is 22.3. The van der Waals surface area contributed by atoms with Crippen LogP contribution in [0.3, 0.4) is 0 Å². The predicted octanol–water partition coefficient (Wildman–Crippen LogP) is 32.3. The summed E-state index contributed by atoms with van der Waals surface area (Å²) in [6, 6.07) is 167. The van der Waals surface area contributed by atoms with Gasteiger partial charge in [0, 0.05) is 147 Å². The maximum Gasteiger partial charge on any atom is 0.238 e. The molecule has 0 bridgehead atoms. The van der Waals surface area contributed by atoms with Gasteiger partial charge in [0.1, 0.15) is 0 Å². The molecule has 0 aliphatic rings. The second-order valence-electron chi connectivity index (χ2n) is 36.8. The molecule has 11 aromatic heterocycles. The minimum atomic E-state index is 0.559. The van der Waals surface area contributed by atoms with Gasteiger partial charge in [0.15, 0.2) is 34.9 Å². The summed E-state index contributed by atoms with van der Waals surface area (Å²) in [5.41, 5.74) is 22.9. The number of para-hydroxylation sites is 9. The summed E-state index contributed by atoms with van der Waals surface area (Å²) >= 11 is 1.79. The van der Waals surface area contributed by atoms with E-state index < -0.39 is 0 Å². The van der Waals surface area contributed by atoms with Gasteiger partial charge in [0.2, 0.25) is 17.8 Å². The second-order valence-corrected chi connectivity index (χ2v) is 37.8. The zero-order valence-electron chi connectivity index (χ0n) is 78.8. The van der Waals surface area contributed by atoms with Crippen molar-refractivity contribution in [2.24, 2.45) is 0 Å². The zero-order chi connectivity index (χ0) is 96.7. The fourth-order valence-corrected chi connectivity index (χ4v) is 23.5. The molecular weight excluding hydrogens is 1820 g/mol. The third kappa shape index (κ3) is 13.6. The lowest BCUT2D eigenvalue weighted by Crippen LogP contribution is -2.07. The van der Waals surface area contributed by atoms with E-state index in [0.717, 1.165) is 165 Å². The van der Waals surface area contributed by atoms with E-state index in [0.29, 0.717) is 52.8 Å². The van der Waals surface area contributed by atoms with Crippen LogP contribution >= 0.6 is 11.3 Å². The van der Waals surface area contributed by atoms with E-state index in [-0.39, 0.29) is 0 Å². The van der Waals surface area contributed by atoms with Gasteiger partial charge in [0.05, 0.1) is 71.7 Å². The Bertz CT molecular complexity index is 10200. The number of pyridine rings is 1. The van der Waals surface area contributed by atoms with Crippen molar-refractivity contribution in [3.8, 4) is 103 Å². The first-order valence-electron chi connectivity index (χ1n) is 49.2. The third-order valence-corrected chi connectivity index (χ3v) is 29.7. The Morgan fingerprint density at radius 3 is 0.837 bits per heavy atom. The highest BCUT2D eigenvalue weighted by Crippen LogP contribution is 2.51. The molecule has 147 heavy (non-hydrogen) atoms. The molecular formula is C130H80N16S. The molecule has 11 heterocycles. The Hall–Kier alpha value is -19.9. The van der Waals surface area contributed by atoms with Gasteiger partial charge in [-0.2, -0.15) is 29.9 Å². The summed E-state index contributed by atoms with van der Waals surface area (Å²) in [6.07, 6.45) is 1.89. The van der Waals surface area contributed by atoms with Crippen LogP contribution in [0.1, 0.15) is 0 Å². The van der Waals surface area contributed by atoms with Gasteiger partial charge in [-0.1, -0.05) is 388 Å². The molecule has 0 radical (unpaired) electrons. The summed E-state index contributed by atoms with van der Waals surface area (Å²) in [6.45, 7) is 0. The molecule has 686 valence electrons. The maximum absolute atomic E-state index is 5.39. The van der Waals surface area contributed by atoms with Crippen molar-refractivity contribution in [1.29, 1.82) is 0 Å². The highest BCUT2D eigenvalue weighted by atomic mass is 32.1. The molecule has 0 amide bonds. The summed E-state index contributed by atoms with van der Waals surface area (Å²) < 4.78 is 16.3. The molecule has 0 N–H and O–H groups in total. The molecule has 17 heteroatoms. The van der Waals surface area contributed by atoms with E-state index in [2.05, 4.69) is 385 Å². The van der Waals surface area contributed by atoms with Gasteiger partial charge in [-0.3, -0.25) is 18.7 Å². The number of rotatable bonds is 12. The Labute approximate surface area is 844 Å². The number of thiophene rings is 1. The minimum absolute atomic E-state index is 0.559. The molecule has 20 aromatic carbocycles. The minimum Gasteiger partial charge on any atom is -0.307 e. The van der Waals surface area contributed by atoms with Gasteiger partial charge in [-0.05, 0) is 102 Å². The largest absolute Gasteiger partial charge is 0.307 e. The van der Waals surface area contributed by atoms with E-state index in [1.54, 1.807) is 11.3 Å². The van der Waals surface area contributed by atoms with Crippen LogP contribution in [-0.4, -0.2) is 77.2 Å². The van der Waals surface area contributed by atoms with Gasteiger partial charge < -0.3 is 13.7 Å². The maximum atomic E-state index is 5.39. The average molecular weight is 1900 g/mol. The second kappa shape index (κ2) is 34.5. The summed E-state index contributed by atoms with van der Waals surface area (Å²) in [4.78, 5) is 51.9. The van der Waals surface area contributed by atoms with Crippen LogP contribution in [0, 0.1) is 0 Å². The van der Waals surface area contributed by atoms with Gasteiger partial charge in [-0.25, -0.2) is 15.0 Å². The fraction of sp³-hybridized carbons (Fsp3) is 0. The molecule has 31 rings (SSSR count). The van der Waals surface area contributed by atoms with Crippen LogP contribution in [0.2, 0.25) is 0 Å². The molecule has 0 aliphatic carbocycles. The van der Waals surface area contributed by atoms with Crippen LogP contribution in [0.15, 0.2) is 485 Å². The molecule has 0 fully saturated rings. The van der Waals surface area contributed by atoms with E-state index in [1.165, 1.54) is 57.9 Å². The predicted molar refractivity (Wildman–Crippen MR) is 604 cm³/mol. The van der Waals surface area contributed by atoms with Crippen molar-refractivity contribution in [2.75, 3.05) is 0 Å².